The third-order valence-electron chi connectivity index (χ3n) is 2.77. The molecular weight excluding hydrogens is 250 g/mol. The number of rotatable bonds is 2. The minimum Gasteiger partial charge on any atom is -0.310 e. The highest BCUT2D eigenvalue weighted by molar-refractivity contribution is 9.10. The summed E-state index contributed by atoms with van der Waals surface area (Å²) in [4.78, 5) is 0. The molecule has 1 N–H and O–H groups in total. The fourth-order valence-corrected chi connectivity index (χ4v) is 2.28. The van der Waals surface area contributed by atoms with Gasteiger partial charge in [-0.1, -0.05) is 41.1 Å². The van der Waals surface area contributed by atoms with Crippen molar-refractivity contribution >= 4 is 21.5 Å². The van der Waals surface area contributed by atoms with Crippen LogP contribution in [0.2, 0.25) is 0 Å². The number of hydrogen-bond acceptors (Lipinski definition) is 1. The molecule has 0 amide bonds. The van der Waals surface area contributed by atoms with Crippen LogP contribution in [0.1, 0.15) is 18.9 Å². The molecule has 1 unspecified atom stereocenters. The highest BCUT2D eigenvalue weighted by atomic mass is 79.9. The Morgan fingerprint density at radius 3 is 3.07 bits per heavy atom. The molecule has 1 atom stereocenters. The first kappa shape index (κ1) is 10.9. The predicted octanol–water partition coefficient (Wildman–Crippen LogP) is 3.42. The quantitative estimate of drug-likeness (QED) is 0.864. The van der Waals surface area contributed by atoms with Gasteiger partial charge in [0.1, 0.15) is 0 Å². The highest BCUT2D eigenvalue weighted by Crippen LogP contribution is 2.25. The molecular formula is C13H15BrN. The second-order valence-electron chi connectivity index (χ2n) is 3.79. The van der Waals surface area contributed by atoms with Crippen molar-refractivity contribution < 1.29 is 0 Å². The molecule has 0 fully saturated rings. The van der Waals surface area contributed by atoms with Gasteiger partial charge in [0.15, 0.2) is 0 Å². The predicted molar refractivity (Wildman–Crippen MR) is 68.5 cm³/mol. The number of halogens is 1. The van der Waals surface area contributed by atoms with Crippen molar-refractivity contribution in [2.75, 3.05) is 6.54 Å². The molecule has 1 aliphatic rings. The maximum absolute atomic E-state index is 3.51. The molecule has 1 heterocycles. The molecule has 1 aromatic carbocycles. The first-order chi connectivity index (χ1) is 7.29. The lowest BCUT2D eigenvalue weighted by Crippen LogP contribution is -2.32. The van der Waals surface area contributed by atoms with Crippen molar-refractivity contribution in [1.82, 2.24) is 5.32 Å². The summed E-state index contributed by atoms with van der Waals surface area (Å²) < 4.78 is 1.15. The molecule has 0 saturated heterocycles. The van der Waals surface area contributed by atoms with Crippen LogP contribution < -0.4 is 5.32 Å². The summed E-state index contributed by atoms with van der Waals surface area (Å²) in [6.07, 6.45) is 5.60. The zero-order chi connectivity index (χ0) is 10.7. The van der Waals surface area contributed by atoms with E-state index >= 15 is 0 Å². The van der Waals surface area contributed by atoms with Gasteiger partial charge in [0.05, 0.1) is 0 Å². The van der Waals surface area contributed by atoms with Crippen LogP contribution in [0.4, 0.5) is 0 Å². The van der Waals surface area contributed by atoms with E-state index in [2.05, 4.69) is 64.9 Å². The molecule has 2 heteroatoms. The van der Waals surface area contributed by atoms with Crippen LogP contribution in [0.25, 0.3) is 5.57 Å². The summed E-state index contributed by atoms with van der Waals surface area (Å²) in [6.45, 7) is 3.08. The van der Waals surface area contributed by atoms with E-state index in [4.69, 9.17) is 0 Å². The molecule has 0 bridgehead atoms. The van der Waals surface area contributed by atoms with E-state index in [0.717, 1.165) is 17.4 Å². The summed E-state index contributed by atoms with van der Waals surface area (Å²) in [7, 11) is 0. The van der Waals surface area contributed by atoms with Crippen LogP contribution >= 0.6 is 15.9 Å². The zero-order valence-corrected chi connectivity index (χ0v) is 10.4. The van der Waals surface area contributed by atoms with Crippen LogP contribution in [0.3, 0.4) is 0 Å². The minimum absolute atomic E-state index is 0.518. The second kappa shape index (κ2) is 4.95. The van der Waals surface area contributed by atoms with Gasteiger partial charge in [-0.3, -0.25) is 0 Å². The molecule has 0 aliphatic carbocycles. The molecule has 79 valence electrons. The van der Waals surface area contributed by atoms with E-state index in [1.165, 1.54) is 11.1 Å². The van der Waals surface area contributed by atoms with E-state index < -0.39 is 0 Å². The monoisotopic (exact) mass is 264 g/mol. The van der Waals surface area contributed by atoms with Gasteiger partial charge in [0.2, 0.25) is 0 Å². The fraction of sp³-hybridized carbons (Fsp3) is 0.308. The van der Waals surface area contributed by atoms with Crippen LogP contribution in [-0.4, -0.2) is 12.6 Å². The number of hydrogen-bond donors (Lipinski definition) is 1. The molecule has 2 rings (SSSR count). The highest BCUT2D eigenvalue weighted by Gasteiger charge is 2.14. The zero-order valence-electron chi connectivity index (χ0n) is 8.83. The van der Waals surface area contributed by atoms with Crippen molar-refractivity contribution in [2.45, 2.75) is 19.4 Å². The Bertz CT molecular complexity index is 371. The molecule has 0 aromatic heterocycles. The van der Waals surface area contributed by atoms with E-state index in [-0.39, 0.29) is 0 Å². The lowest BCUT2D eigenvalue weighted by molar-refractivity contribution is 0.596. The van der Waals surface area contributed by atoms with E-state index in [1.807, 2.05) is 0 Å². The summed E-state index contributed by atoms with van der Waals surface area (Å²) in [5, 5.41) is 3.44. The van der Waals surface area contributed by atoms with Crippen molar-refractivity contribution in [3.63, 3.8) is 0 Å². The Kier molecular flexibility index (Phi) is 3.60. The molecule has 0 saturated carbocycles. The van der Waals surface area contributed by atoms with Gasteiger partial charge in [-0.25, -0.2) is 0 Å². The van der Waals surface area contributed by atoms with Crippen LogP contribution in [0, 0.1) is 6.42 Å². The number of benzene rings is 1. The average Bonchev–Trinajstić information content (AvgIpc) is 2.29. The Labute approximate surface area is 99.7 Å². The summed E-state index contributed by atoms with van der Waals surface area (Å²) >= 11 is 3.51. The molecule has 1 nitrogen and oxygen atoms in total. The maximum atomic E-state index is 3.51. The third-order valence-corrected chi connectivity index (χ3v) is 3.26. The standard InChI is InChI=1S/C13H15BrN/c1-2-13-9-11(6-7-15-13)10-4-3-5-12(14)8-10/h2-6,8,13,15H,7,9H2,1H3. The lowest BCUT2D eigenvalue weighted by Gasteiger charge is -2.23. The van der Waals surface area contributed by atoms with Gasteiger partial charge in [0, 0.05) is 17.1 Å². The topological polar surface area (TPSA) is 12.0 Å². The fourth-order valence-electron chi connectivity index (χ4n) is 1.89. The molecule has 0 spiro atoms. The van der Waals surface area contributed by atoms with Crippen molar-refractivity contribution in [1.29, 1.82) is 0 Å². The Morgan fingerprint density at radius 1 is 1.47 bits per heavy atom. The van der Waals surface area contributed by atoms with Gasteiger partial charge in [0.25, 0.3) is 0 Å². The van der Waals surface area contributed by atoms with E-state index in [9.17, 15) is 0 Å². The normalized spacial score (nSPS) is 21.2. The Hall–Kier alpha value is -0.600. The minimum atomic E-state index is 0.518. The largest absolute Gasteiger partial charge is 0.310 e. The van der Waals surface area contributed by atoms with Crippen molar-refractivity contribution in [3.05, 3.63) is 46.8 Å². The third kappa shape index (κ3) is 2.70. The lowest BCUT2D eigenvalue weighted by atomic mass is 9.94. The summed E-state index contributed by atoms with van der Waals surface area (Å²) in [5.74, 6) is 0. The Balaban J connectivity index is 2.20. The van der Waals surface area contributed by atoms with Crippen LogP contribution in [-0.2, 0) is 0 Å². The molecule has 1 aliphatic heterocycles. The molecule has 15 heavy (non-hydrogen) atoms. The van der Waals surface area contributed by atoms with Crippen LogP contribution in [0.15, 0.2) is 34.8 Å². The maximum Gasteiger partial charge on any atom is 0.0181 e. The van der Waals surface area contributed by atoms with E-state index in [0.29, 0.717) is 6.04 Å². The summed E-state index contributed by atoms with van der Waals surface area (Å²) in [6, 6.07) is 9.03. The first-order valence-corrected chi connectivity index (χ1v) is 6.06. The smallest absolute Gasteiger partial charge is 0.0181 e. The Morgan fingerprint density at radius 2 is 2.33 bits per heavy atom. The van der Waals surface area contributed by atoms with E-state index in [1.54, 1.807) is 0 Å². The van der Waals surface area contributed by atoms with Crippen molar-refractivity contribution in [2.24, 2.45) is 0 Å². The first-order valence-electron chi connectivity index (χ1n) is 5.27. The number of nitrogens with one attached hydrogen (secondary N) is 1. The van der Waals surface area contributed by atoms with Gasteiger partial charge < -0.3 is 5.32 Å². The second-order valence-corrected chi connectivity index (χ2v) is 4.71. The van der Waals surface area contributed by atoms with Gasteiger partial charge in [-0.2, -0.15) is 0 Å². The molecule has 1 aromatic rings. The van der Waals surface area contributed by atoms with Gasteiger partial charge in [-0.15, -0.1) is 0 Å². The van der Waals surface area contributed by atoms with Crippen molar-refractivity contribution in [3.8, 4) is 0 Å². The SMILES string of the molecule is C[CH]C1CC(c2cccc(Br)c2)=CCN1. The van der Waals surface area contributed by atoms with Crippen LogP contribution in [0.5, 0.6) is 0 Å². The molecule has 1 radical (unpaired) electrons. The average molecular weight is 265 g/mol. The van der Waals surface area contributed by atoms with Gasteiger partial charge in [-0.05, 0) is 36.1 Å². The van der Waals surface area contributed by atoms with Gasteiger partial charge >= 0.3 is 0 Å². The summed E-state index contributed by atoms with van der Waals surface area (Å²) in [5.41, 5.74) is 2.77.